The Morgan fingerprint density at radius 3 is 2.63 bits per heavy atom. The number of hydrogen-bond donors (Lipinski definition) is 1. The van der Waals surface area contributed by atoms with Crippen LogP contribution in [0, 0.1) is 5.92 Å². The Labute approximate surface area is 116 Å². The zero-order chi connectivity index (χ0) is 14.0. The molecule has 0 spiro atoms. The number of benzene rings is 1. The molecule has 0 radical (unpaired) electrons. The van der Waals surface area contributed by atoms with Gasteiger partial charge in [-0.25, -0.2) is 14.8 Å². The van der Waals surface area contributed by atoms with E-state index in [2.05, 4.69) is 30.7 Å². The topological polar surface area (TPSA) is 63.1 Å². The number of aromatic carboxylic acids is 1. The number of carboxylic acid groups (broad SMARTS) is 1. The maximum atomic E-state index is 10.9. The van der Waals surface area contributed by atoms with E-state index in [1.807, 2.05) is 0 Å². The first kappa shape index (κ1) is 13.8. The summed E-state index contributed by atoms with van der Waals surface area (Å²) in [6, 6.07) is 4.97. The number of hydrogen-bond acceptors (Lipinski definition) is 4. The highest BCUT2D eigenvalue weighted by molar-refractivity contribution is 8.00. The normalized spacial score (nSPS) is 12.8. The van der Waals surface area contributed by atoms with Gasteiger partial charge in [-0.05, 0) is 24.1 Å². The van der Waals surface area contributed by atoms with Gasteiger partial charge in [-0.1, -0.05) is 20.8 Å². The summed E-state index contributed by atoms with van der Waals surface area (Å²) in [4.78, 5) is 19.4. The molecule has 0 fully saturated rings. The van der Waals surface area contributed by atoms with E-state index in [1.165, 1.54) is 6.33 Å². The lowest BCUT2D eigenvalue weighted by Gasteiger charge is -2.15. The van der Waals surface area contributed by atoms with E-state index in [-0.39, 0.29) is 5.56 Å². The van der Waals surface area contributed by atoms with Crippen LogP contribution in [0.2, 0.25) is 0 Å². The number of nitrogens with zero attached hydrogens (tertiary/aromatic N) is 2. The zero-order valence-corrected chi connectivity index (χ0v) is 11.9. The first-order valence-electron chi connectivity index (χ1n) is 6.13. The number of aromatic nitrogens is 2. The van der Waals surface area contributed by atoms with Gasteiger partial charge in [0.25, 0.3) is 0 Å². The van der Waals surface area contributed by atoms with Gasteiger partial charge in [0, 0.05) is 10.6 Å². The largest absolute Gasteiger partial charge is 0.478 e. The Morgan fingerprint density at radius 1 is 1.26 bits per heavy atom. The van der Waals surface area contributed by atoms with Gasteiger partial charge in [0.1, 0.15) is 11.4 Å². The highest BCUT2D eigenvalue weighted by Gasteiger charge is 2.13. The molecule has 1 heterocycles. The molecule has 0 saturated carbocycles. The minimum atomic E-state index is -0.940. The fraction of sp³-hybridized carbons (Fsp3) is 0.357. The van der Waals surface area contributed by atoms with Crippen LogP contribution in [0.15, 0.2) is 29.6 Å². The summed E-state index contributed by atoms with van der Waals surface area (Å²) < 4.78 is 0. The van der Waals surface area contributed by atoms with Gasteiger partial charge >= 0.3 is 5.97 Å². The van der Waals surface area contributed by atoms with Crippen molar-refractivity contribution in [3.63, 3.8) is 0 Å². The van der Waals surface area contributed by atoms with Crippen LogP contribution >= 0.6 is 11.8 Å². The Balaban J connectivity index is 2.43. The zero-order valence-electron chi connectivity index (χ0n) is 11.1. The molecule has 2 rings (SSSR count). The van der Waals surface area contributed by atoms with Crippen LogP contribution in [0.3, 0.4) is 0 Å². The molecule has 1 aromatic carbocycles. The number of carbonyl (C=O) groups is 1. The van der Waals surface area contributed by atoms with Crippen LogP contribution in [0.1, 0.15) is 31.1 Å². The molecule has 2 aromatic rings. The van der Waals surface area contributed by atoms with Crippen LogP contribution in [0.5, 0.6) is 0 Å². The van der Waals surface area contributed by atoms with Crippen LogP contribution in [0.4, 0.5) is 0 Å². The molecule has 100 valence electrons. The Hall–Kier alpha value is -1.62. The molecule has 1 unspecified atom stereocenters. The molecule has 1 atom stereocenters. The average Bonchev–Trinajstić information content (AvgIpc) is 2.38. The summed E-state index contributed by atoms with van der Waals surface area (Å²) in [6.07, 6.45) is 1.49. The summed E-state index contributed by atoms with van der Waals surface area (Å²) in [6.45, 7) is 6.50. The van der Waals surface area contributed by atoms with Crippen molar-refractivity contribution < 1.29 is 9.90 Å². The van der Waals surface area contributed by atoms with Crippen molar-refractivity contribution in [3.8, 4) is 0 Å². The van der Waals surface area contributed by atoms with E-state index in [9.17, 15) is 4.79 Å². The van der Waals surface area contributed by atoms with Gasteiger partial charge in [-0.15, -0.1) is 11.8 Å². The van der Waals surface area contributed by atoms with Gasteiger partial charge in [0.05, 0.1) is 11.1 Å². The van der Waals surface area contributed by atoms with Crippen molar-refractivity contribution in [3.05, 3.63) is 30.1 Å². The quantitative estimate of drug-likeness (QED) is 0.684. The Bertz CT molecular complexity index is 613. The third-order valence-electron chi connectivity index (χ3n) is 3.08. The average molecular weight is 276 g/mol. The second-order valence-corrected chi connectivity index (χ2v) is 6.15. The highest BCUT2D eigenvalue weighted by Crippen LogP contribution is 2.31. The van der Waals surface area contributed by atoms with Gasteiger partial charge in [0.15, 0.2) is 0 Å². The molecule has 5 heteroatoms. The first-order valence-corrected chi connectivity index (χ1v) is 7.01. The molecule has 0 amide bonds. The van der Waals surface area contributed by atoms with E-state index in [0.29, 0.717) is 16.7 Å². The molecule has 19 heavy (non-hydrogen) atoms. The molecular weight excluding hydrogens is 260 g/mol. The molecule has 0 bridgehead atoms. The van der Waals surface area contributed by atoms with Crippen molar-refractivity contribution in [1.82, 2.24) is 9.97 Å². The summed E-state index contributed by atoms with van der Waals surface area (Å²) >= 11 is 1.70. The second kappa shape index (κ2) is 5.57. The lowest BCUT2D eigenvalue weighted by Crippen LogP contribution is -2.06. The maximum absolute atomic E-state index is 10.9. The second-order valence-electron chi connectivity index (χ2n) is 4.78. The van der Waals surface area contributed by atoms with E-state index < -0.39 is 5.97 Å². The molecule has 0 aliphatic heterocycles. The van der Waals surface area contributed by atoms with Gasteiger partial charge < -0.3 is 5.11 Å². The number of thioether (sulfide) groups is 1. The molecule has 0 aliphatic carbocycles. The standard InChI is InChI=1S/C14H16N2O2S/c1-8(2)9(3)19-13-11-5-4-10(14(17)18)6-12(11)15-7-16-13/h4-9H,1-3H3,(H,17,18). The van der Waals surface area contributed by atoms with Crippen LogP contribution in [-0.2, 0) is 0 Å². The van der Waals surface area contributed by atoms with Crippen molar-refractivity contribution in [1.29, 1.82) is 0 Å². The fourth-order valence-corrected chi connectivity index (χ4v) is 2.60. The minimum Gasteiger partial charge on any atom is -0.478 e. The van der Waals surface area contributed by atoms with Gasteiger partial charge in [-0.2, -0.15) is 0 Å². The van der Waals surface area contributed by atoms with Crippen molar-refractivity contribution in [2.45, 2.75) is 31.0 Å². The molecule has 0 aliphatic rings. The monoisotopic (exact) mass is 276 g/mol. The number of fused-ring (bicyclic) bond motifs is 1. The van der Waals surface area contributed by atoms with Crippen LogP contribution < -0.4 is 0 Å². The highest BCUT2D eigenvalue weighted by atomic mass is 32.2. The van der Waals surface area contributed by atoms with E-state index in [0.717, 1.165) is 10.4 Å². The van der Waals surface area contributed by atoms with Gasteiger partial charge in [-0.3, -0.25) is 0 Å². The molecule has 1 N–H and O–H groups in total. The minimum absolute atomic E-state index is 0.249. The van der Waals surface area contributed by atoms with E-state index in [4.69, 9.17) is 5.11 Å². The summed E-state index contributed by atoms with van der Waals surface area (Å²) in [7, 11) is 0. The first-order chi connectivity index (χ1) is 8.99. The van der Waals surface area contributed by atoms with Crippen molar-refractivity contribution in [2.75, 3.05) is 0 Å². The van der Waals surface area contributed by atoms with Crippen LogP contribution in [0.25, 0.3) is 10.9 Å². The molecule has 4 nitrogen and oxygen atoms in total. The van der Waals surface area contributed by atoms with Crippen LogP contribution in [-0.4, -0.2) is 26.3 Å². The summed E-state index contributed by atoms with van der Waals surface area (Å²) in [5, 5.41) is 11.2. The smallest absolute Gasteiger partial charge is 0.335 e. The lowest BCUT2D eigenvalue weighted by molar-refractivity contribution is 0.0697. The van der Waals surface area contributed by atoms with E-state index in [1.54, 1.807) is 30.0 Å². The molecule has 0 saturated heterocycles. The SMILES string of the molecule is CC(C)C(C)Sc1ncnc2cc(C(=O)O)ccc12. The summed E-state index contributed by atoms with van der Waals surface area (Å²) in [5.74, 6) is -0.390. The number of carboxylic acids is 1. The number of rotatable bonds is 4. The van der Waals surface area contributed by atoms with Crippen molar-refractivity contribution >= 4 is 28.6 Å². The third kappa shape index (κ3) is 3.04. The predicted octanol–water partition coefficient (Wildman–Crippen LogP) is 3.46. The Morgan fingerprint density at radius 2 is 2.00 bits per heavy atom. The lowest BCUT2D eigenvalue weighted by atomic mass is 10.1. The molecule has 1 aromatic heterocycles. The predicted molar refractivity (Wildman–Crippen MR) is 76.7 cm³/mol. The third-order valence-corrected chi connectivity index (χ3v) is 4.55. The molecular formula is C14H16N2O2S. The van der Waals surface area contributed by atoms with E-state index >= 15 is 0 Å². The fourth-order valence-electron chi connectivity index (χ4n) is 1.57. The maximum Gasteiger partial charge on any atom is 0.335 e. The Kier molecular flexibility index (Phi) is 4.04. The summed E-state index contributed by atoms with van der Waals surface area (Å²) in [5.41, 5.74) is 0.924. The van der Waals surface area contributed by atoms with Crippen molar-refractivity contribution in [2.24, 2.45) is 5.92 Å². The van der Waals surface area contributed by atoms with Gasteiger partial charge in [0.2, 0.25) is 0 Å².